The number of anilines is 1. The lowest BCUT2D eigenvalue weighted by molar-refractivity contribution is 0.405. The zero-order valence-corrected chi connectivity index (χ0v) is 11.4. The van der Waals surface area contributed by atoms with Crippen molar-refractivity contribution < 1.29 is 17.6 Å². The third kappa shape index (κ3) is 3.04. The van der Waals surface area contributed by atoms with Gasteiger partial charge in [0.2, 0.25) is 11.6 Å². The summed E-state index contributed by atoms with van der Waals surface area (Å²) in [7, 11) is 0. The Balaban J connectivity index is 2.24. The Morgan fingerprint density at radius 1 is 1.05 bits per heavy atom. The molecular weight excluding hydrogens is 272 g/mol. The van der Waals surface area contributed by atoms with Gasteiger partial charge in [-0.2, -0.15) is 22.5 Å². The molecule has 0 amide bonds. The largest absolute Gasteiger partial charge is 0.366 e. The van der Waals surface area contributed by atoms with E-state index >= 15 is 0 Å². The van der Waals surface area contributed by atoms with Crippen LogP contribution in [0.5, 0.6) is 0 Å². The van der Waals surface area contributed by atoms with Crippen molar-refractivity contribution in [2.75, 3.05) is 18.0 Å². The van der Waals surface area contributed by atoms with Crippen molar-refractivity contribution in [2.45, 2.75) is 39.0 Å². The summed E-state index contributed by atoms with van der Waals surface area (Å²) in [6.45, 7) is 2.90. The van der Waals surface area contributed by atoms with Crippen LogP contribution in [0, 0.1) is 29.4 Å². The van der Waals surface area contributed by atoms with Crippen molar-refractivity contribution in [1.29, 1.82) is 0 Å². The smallest absolute Gasteiger partial charge is 0.253 e. The van der Waals surface area contributed by atoms with Crippen molar-refractivity contribution in [3.8, 4) is 0 Å². The molecule has 1 aliphatic heterocycles. The molecule has 1 aromatic heterocycles. The molecule has 0 spiro atoms. The van der Waals surface area contributed by atoms with E-state index in [4.69, 9.17) is 0 Å². The minimum absolute atomic E-state index is 0.400. The van der Waals surface area contributed by atoms with E-state index in [0.29, 0.717) is 19.0 Å². The molecule has 2 rings (SSSR count). The predicted octanol–water partition coefficient (Wildman–Crippen LogP) is 4.04. The predicted molar refractivity (Wildman–Crippen MR) is 68.5 cm³/mol. The van der Waals surface area contributed by atoms with E-state index in [0.717, 1.165) is 32.1 Å². The Morgan fingerprint density at radius 2 is 1.70 bits per heavy atom. The summed E-state index contributed by atoms with van der Waals surface area (Å²) in [5.74, 6) is -5.48. The molecule has 1 atom stereocenters. The average molecular weight is 290 g/mol. The van der Waals surface area contributed by atoms with Crippen LogP contribution in [0.3, 0.4) is 0 Å². The van der Waals surface area contributed by atoms with Crippen LogP contribution in [-0.2, 0) is 0 Å². The molecule has 0 N–H and O–H groups in total. The van der Waals surface area contributed by atoms with Gasteiger partial charge in [-0.25, -0.2) is 0 Å². The molecule has 112 valence electrons. The molecular formula is C14H18F4N2. The maximum atomic E-state index is 13.7. The molecule has 0 aromatic carbocycles. The molecule has 1 saturated heterocycles. The number of halogens is 4. The lowest BCUT2D eigenvalue weighted by Crippen LogP contribution is -2.27. The van der Waals surface area contributed by atoms with Crippen LogP contribution in [0.1, 0.15) is 39.0 Å². The zero-order chi connectivity index (χ0) is 14.7. The number of rotatable bonds is 3. The number of nitrogens with zero attached hydrogens (tertiary/aromatic N) is 2. The van der Waals surface area contributed by atoms with Gasteiger partial charge < -0.3 is 4.90 Å². The first-order chi connectivity index (χ1) is 9.54. The molecule has 1 fully saturated rings. The summed E-state index contributed by atoms with van der Waals surface area (Å²) in [6, 6.07) is 0. The Kier molecular flexibility index (Phi) is 4.83. The number of pyridine rings is 1. The van der Waals surface area contributed by atoms with E-state index in [2.05, 4.69) is 11.9 Å². The first-order valence-electron chi connectivity index (χ1n) is 6.99. The second kappa shape index (κ2) is 6.41. The second-order valence-electron chi connectivity index (χ2n) is 5.24. The van der Waals surface area contributed by atoms with E-state index in [1.165, 1.54) is 4.90 Å². The van der Waals surface area contributed by atoms with Crippen molar-refractivity contribution in [3.05, 3.63) is 23.5 Å². The standard InChI is InChI=1S/C14H18F4N2/c1-2-4-9-5-3-7-20(8-6-9)12-10(15)13(17)19-14(18)11(12)16/h9H,2-8H2,1H3. The number of hydrogen-bond donors (Lipinski definition) is 0. The summed E-state index contributed by atoms with van der Waals surface area (Å²) in [5.41, 5.74) is -0.618. The van der Waals surface area contributed by atoms with Gasteiger partial charge >= 0.3 is 0 Å². The van der Waals surface area contributed by atoms with E-state index < -0.39 is 29.2 Å². The topological polar surface area (TPSA) is 16.1 Å². The lowest BCUT2D eigenvalue weighted by atomic mass is 9.96. The maximum Gasteiger partial charge on any atom is 0.253 e. The summed E-state index contributed by atoms with van der Waals surface area (Å²) < 4.78 is 53.7. The molecule has 0 saturated carbocycles. The van der Waals surface area contributed by atoms with Gasteiger partial charge in [-0.15, -0.1) is 0 Å². The summed E-state index contributed by atoms with van der Waals surface area (Å²) in [5, 5.41) is 0. The van der Waals surface area contributed by atoms with Crippen LogP contribution in [0.25, 0.3) is 0 Å². The molecule has 1 aromatic rings. The van der Waals surface area contributed by atoms with Crippen LogP contribution in [-0.4, -0.2) is 18.1 Å². The lowest BCUT2D eigenvalue weighted by Gasteiger charge is -2.23. The molecule has 0 radical (unpaired) electrons. The Labute approximate surface area is 115 Å². The van der Waals surface area contributed by atoms with Gasteiger partial charge in [0, 0.05) is 13.1 Å². The van der Waals surface area contributed by atoms with E-state index in [-0.39, 0.29) is 0 Å². The Hall–Kier alpha value is -1.33. The van der Waals surface area contributed by atoms with Crippen LogP contribution < -0.4 is 4.90 Å². The van der Waals surface area contributed by atoms with E-state index in [9.17, 15) is 17.6 Å². The molecule has 2 nitrogen and oxygen atoms in total. The van der Waals surface area contributed by atoms with Crippen molar-refractivity contribution in [3.63, 3.8) is 0 Å². The normalized spacial score (nSPS) is 20.1. The van der Waals surface area contributed by atoms with E-state index in [1.54, 1.807) is 0 Å². The van der Waals surface area contributed by atoms with E-state index in [1.807, 2.05) is 0 Å². The zero-order valence-electron chi connectivity index (χ0n) is 11.4. The fourth-order valence-corrected chi connectivity index (χ4v) is 2.84. The summed E-state index contributed by atoms with van der Waals surface area (Å²) in [6.07, 6.45) is 4.64. The minimum Gasteiger partial charge on any atom is -0.366 e. The van der Waals surface area contributed by atoms with Gasteiger partial charge in [-0.3, -0.25) is 0 Å². The van der Waals surface area contributed by atoms with Crippen LogP contribution in [0.2, 0.25) is 0 Å². The van der Waals surface area contributed by atoms with Crippen molar-refractivity contribution in [1.82, 2.24) is 4.98 Å². The molecule has 2 heterocycles. The van der Waals surface area contributed by atoms with Gasteiger partial charge in [0.1, 0.15) is 5.69 Å². The number of hydrogen-bond acceptors (Lipinski definition) is 2. The van der Waals surface area contributed by atoms with Crippen molar-refractivity contribution >= 4 is 5.69 Å². The Morgan fingerprint density at radius 3 is 2.30 bits per heavy atom. The number of aromatic nitrogens is 1. The minimum atomic E-state index is -1.59. The fourth-order valence-electron chi connectivity index (χ4n) is 2.84. The monoisotopic (exact) mass is 290 g/mol. The molecule has 1 aliphatic rings. The first-order valence-corrected chi connectivity index (χ1v) is 6.99. The van der Waals surface area contributed by atoms with Gasteiger partial charge in [-0.1, -0.05) is 19.8 Å². The highest BCUT2D eigenvalue weighted by Gasteiger charge is 2.27. The van der Waals surface area contributed by atoms with Gasteiger partial charge in [0.25, 0.3) is 11.9 Å². The Bertz CT molecular complexity index is 452. The van der Waals surface area contributed by atoms with Crippen LogP contribution in [0.4, 0.5) is 23.2 Å². The molecule has 0 aliphatic carbocycles. The molecule has 20 heavy (non-hydrogen) atoms. The third-order valence-electron chi connectivity index (χ3n) is 3.84. The molecule has 1 unspecified atom stereocenters. The maximum absolute atomic E-state index is 13.7. The third-order valence-corrected chi connectivity index (χ3v) is 3.84. The summed E-state index contributed by atoms with van der Waals surface area (Å²) in [4.78, 5) is 3.98. The first kappa shape index (κ1) is 15.1. The summed E-state index contributed by atoms with van der Waals surface area (Å²) >= 11 is 0. The highest BCUT2D eigenvalue weighted by molar-refractivity contribution is 5.48. The van der Waals surface area contributed by atoms with Crippen LogP contribution in [0.15, 0.2) is 0 Å². The van der Waals surface area contributed by atoms with Gasteiger partial charge in [0.05, 0.1) is 0 Å². The quantitative estimate of drug-likeness (QED) is 0.617. The average Bonchev–Trinajstić information content (AvgIpc) is 2.64. The van der Waals surface area contributed by atoms with Crippen LogP contribution >= 0.6 is 0 Å². The highest BCUT2D eigenvalue weighted by Crippen LogP contribution is 2.30. The highest BCUT2D eigenvalue weighted by atomic mass is 19.2. The van der Waals surface area contributed by atoms with Gasteiger partial charge in [0.15, 0.2) is 0 Å². The van der Waals surface area contributed by atoms with Gasteiger partial charge in [-0.05, 0) is 25.2 Å². The fraction of sp³-hybridized carbons (Fsp3) is 0.643. The van der Waals surface area contributed by atoms with Crippen molar-refractivity contribution in [2.24, 2.45) is 5.92 Å². The SMILES string of the molecule is CCCC1CCCN(c2c(F)c(F)nc(F)c2F)CC1. The molecule has 0 bridgehead atoms. The second-order valence-corrected chi connectivity index (χ2v) is 5.24. The molecule has 6 heteroatoms.